The average molecular weight is 159 g/mol. The zero-order valence-electron chi connectivity index (χ0n) is 7.46. The Balaban J connectivity index is 2.55. The highest BCUT2D eigenvalue weighted by atomic mass is 14.7. The first kappa shape index (κ1) is 7.41. The van der Waals surface area contributed by atoms with Gasteiger partial charge in [0.25, 0.3) is 0 Å². The molecule has 1 unspecified atom stereocenters. The van der Waals surface area contributed by atoms with Crippen LogP contribution < -0.4 is 0 Å². The number of aromatic amines is 1. The molecule has 1 atom stereocenters. The number of allylic oxidation sites excluding steroid dienone is 3. The van der Waals surface area contributed by atoms with Gasteiger partial charge in [0.05, 0.1) is 0 Å². The number of hydrogen-bond donors (Lipinski definition) is 1. The molecule has 1 nitrogen and oxygen atoms in total. The van der Waals surface area contributed by atoms with Gasteiger partial charge in [-0.1, -0.05) is 19.1 Å². The molecule has 0 spiro atoms. The molecule has 1 heteroatoms. The van der Waals surface area contributed by atoms with Crippen molar-refractivity contribution in [1.29, 1.82) is 0 Å². The molecule has 0 saturated carbocycles. The lowest BCUT2D eigenvalue weighted by Crippen LogP contribution is -1.87. The van der Waals surface area contributed by atoms with Crippen molar-refractivity contribution < 1.29 is 0 Å². The first-order chi connectivity index (χ1) is 5.77. The summed E-state index contributed by atoms with van der Waals surface area (Å²) in [6.45, 7) is 4.34. The minimum atomic E-state index is 0.528. The summed E-state index contributed by atoms with van der Waals surface area (Å²) in [5.74, 6) is 0.528. The topological polar surface area (TPSA) is 15.8 Å². The van der Waals surface area contributed by atoms with Crippen LogP contribution in [-0.4, -0.2) is 4.98 Å². The first-order valence-electron chi connectivity index (χ1n) is 4.31. The maximum absolute atomic E-state index is 3.24. The normalized spacial score (nSPS) is 21.5. The van der Waals surface area contributed by atoms with E-state index in [1.54, 1.807) is 0 Å². The van der Waals surface area contributed by atoms with Crippen LogP contribution in [0.2, 0.25) is 0 Å². The third kappa shape index (κ3) is 1.11. The Hall–Kier alpha value is -1.24. The summed E-state index contributed by atoms with van der Waals surface area (Å²) in [5, 5.41) is 0. The number of nitrogens with one attached hydrogen (secondary N) is 1. The van der Waals surface area contributed by atoms with E-state index in [9.17, 15) is 0 Å². The number of aromatic nitrogens is 1. The Labute approximate surface area is 72.8 Å². The predicted molar refractivity (Wildman–Crippen MR) is 52.0 cm³/mol. The Bertz CT molecular complexity index is 342. The quantitative estimate of drug-likeness (QED) is 0.598. The monoisotopic (exact) mass is 159 g/mol. The molecule has 0 radical (unpaired) electrons. The fourth-order valence-corrected chi connectivity index (χ4v) is 1.59. The van der Waals surface area contributed by atoms with Gasteiger partial charge in [0.2, 0.25) is 0 Å². The van der Waals surface area contributed by atoms with Crippen molar-refractivity contribution in [2.75, 3.05) is 0 Å². The van der Waals surface area contributed by atoms with Crippen LogP contribution >= 0.6 is 0 Å². The molecule has 1 N–H and O–H groups in total. The Morgan fingerprint density at radius 1 is 1.42 bits per heavy atom. The third-order valence-electron chi connectivity index (χ3n) is 2.32. The van der Waals surface area contributed by atoms with E-state index in [1.807, 2.05) is 6.20 Å². The van der Waals surface area contributed by atoms with E-state index < -0.39 is 0 Å². The Kier molecular flexibility index (Phi) is 1.65. The van der Waals surface area contributed by atoms with Gasteiger partial charge in [-0.2, -0.15) is 0 Å². The van der Waals surface area contributed by atoms with Crippen molar-refractivity contribution in [1.82, 2.24) is 4.98 Å². The molecule has 0 fully saturated rings. The fourth-order valence-electron chi connectivity index (χ4n) is 1.59. The molecule has 12 heavy (non-hydrogen) atoms. The fraction of sp³-hybridized carbons (Fsp3) is 0.273. The molecule has 0 amide bonds. The van der Waals surface area contributed by atoms with Gasteiger partial charge in [-0.15, -0.1) is 0 Å². The number of H-pyrrole nitrogens is 1. The first-order valence-corrected chi connectivity index (χ1v) is 4.31. The summed E-state index contributed by atoms with van der Waals surface area (Å²) in [6.07, 6.45) is 8.61. The minimum absolute atomic E-state index is 0.528. The molecule has 1 heterocycles. The minimum Gasteiger partial charge on any atom is -0.361 e. The SMILES string of the molecule is CC1=Cc2[nH]ccc2C(C)C=C1. The molecule has 1 aromatic heterocycles. The summed E-state index contributed by atoms with van der Waals surface area (Å²) in [7, 11) is 0. The van der Waals surface area contributed by atoms with Crippen LogP contribution in [0.5, 0.6) is 0 Å². The lowest BCUT2D eigenvalue weighted by Gasteiger charge is -2.02. The molecule has 0 aromatic carbocycles. The zero-order valence-corrected chi connectivity index (χ0v) is 7.46. The van der Waals surface area contributed by atoms with Crippen molar-refractivity contribution in [3.05, 3.63) is 41.2 Å². The van der Waals surface area contributed by atoms with Gasteiger partial charge < -0.3 is 4.98 Å². The average Bonchev–Trinajstić information content (AvgIpc) is 2.44. The predicted octanol–water partition coefficient (Wildman–Crippen LogP) is 3.09. The molecule has 1 aliphatic carbocycles. The second-order valence-corrected chi connectivity index (χ2v) is 3.38. The van der Waals surface area contributed by atoms with E-state index in [-0.39, 0.29) is 0 Å². The molecule has 0 saturated heterocycles. The van der Waals surface area contributed by atoms with Gasteiger partial charge in [0.15, 0.2) is 0 Å². The Morgan fingerprint density at radius 2 is 2.25 bits per heavy atom. The summed E-state index contributed by atoms with van der Waals surface area (Å²) in [5.41, 5.74) is 3.95. The molecule has 0 aliphatic heterocycles. The number of hydrogen-bond acceptors (Lipinski definition) is 0. The zero-order chi connectivity index (χ0) is 8.55. The summed E-state index contributed by atoms with van der Waals surface area (Å²) >= 11 is 0. The van der Waals surface area contributed by atoms with Crippen LogP contribution in [0.15, 0.2) is 30.0 Å². The van der Waals surface area contributed by atoms with Crippen molar-refractivity contribution in [2.45, 2.75) is 19.8 Å². The van der Waals surface area contributed by atoms with E-state index in [2.05, 4.69) is 43.1 Å². The van der Waals surface area contributed by atoms with Crippen LogP contribution in [-0.2, 0) is 0 Å². The Morgan fingerprint density at radius 3 is 3.08 bits per heavy atom. The highest BCUT2D eigenvalue weighted by molar-refractivity contribution is 5.58. The van der Waals surface area contributed by atoms with Gasteiger partial charge in [0.1, 0.15) is 0 Å². The van der Waals surface area contributed by atoms with E-state index in [0.717, 1.165) is 0 Å². The molecule has 2 rings (SSSR count). The van der Waals surface area contributed by atoms with E-state index in [0.29, 0.717) is 5.92 Å². The summed E-state index contributed by atoms with van der Waals surface area (Å²) in [6, 6.07) is 2.15. The third-order valence-corrected chi connectivity index (χ3v) is 2.32. The molecular weight excluding hydrogens is 146 g/mol. The van der Waals surface area contributed by atoms with Crippen molar-refractivity contribution in [3.63, 3.8) is 0 Å². The number of fused-ring (bicyclic) bond motifs is 1. The van der Waals surface area contributed by atoms with Gasteiger partial charge in [-0.25, -0.2) is 0 Å². The van der Waals surface area contributed by atoms with Crippen LogP contribution in [0.3, 0.4) is 0 Å². The van der Waals surface area contributed by atoms with Crippen LogP contribution in [0.4, 0.5) is 0 Å². The van der Waals surface area contributed by atoms with Crippen molar-refractivity contribution >= 4 is 6.08 Å². The summed E-state index contributed by atoms with van der Waals surface area (Å²) < 4.78 is 0. The molecular formula is C11H13N. The van der Waals surface area contributed by atoms with Gasteiger partial charge in [0, 0.05) is 17.8 Å². The van der Waals surface area contributed by atoms with Gasteiger partial charge >= 0.3 is 0 Å². The van der Waals surface area contributed by atoms with Gasteiger partial charge in [-0.3, -0.25) is 0 Å². The lowest BCUT2D eigenvalue weighted by atomic mass is 10.0. The second-order valence-electron chi connectivity index (χ2n) is 3.38. The molecule has 1 aliphatic rings. The maximum Gasteiger partial charge on any atom is 0.0421 e. The molecule has 0 bridgehead atoms. The largest absolute Gasteiger partial charge is 0.361 e. The van der Waals surface area contributed by atoms with E-state index in [1.165, 1.54) is 16.8 Å². The number of rotatable bonds is 0. The maximum atomic E-state index is 3.24. The van der Waals surface area contributed by atoms with Gasteiger partial charge in [-0.05, 0) is 30.2 Å². The second kappa shape index (κ2) is 2.67. The van der Waals surface area contributed by atoms with Crippen molar-refractivity contribution in [2.24, 2.45) is 0 Å². The molecule has 62 valence electrons. The highest BCUT2D eigenvalue weighted by Gasteiger charge is 2.09. The highest BCUT2D eigenvalue weighted by Crippen LogP contribution is 2.25. The lowest BCUT2D eigenvalue weighted by molar-refractivity contribution is 0.968. The van der Waals surface area contributed by atoms with E-state index in [4.69, 9.17) is 0 Å². The smallest absolute Gasteiger partial charge is 0.0421 e. The van der Waals surface area contributed by atoms with Crippen molar-refractivity contribution in [3.8, 4) is 0 Å². The van der Waals surface area contributed by atoms with Crippen LogP contribution in [0.1, 0.15) is 31.0 Å². The summed E-state index contributed by atoms with van der Waals surface area (Å²) in [4.78, 5) is 3.24. The van der Waals surface area contributed by atoms with Crippen LogP contribution in [0.25, 0.3) is 6.08 Å². The van der Waals surface area contributed by atoms with Crippen LogP contribution in [0, 0.1) is 0 Å². The van der Waals surface area contributed by atoms with E-state index >= 15 is 0 Å². The molecule has 1 aromatic rings. The standard InChI is InChI=1S/C11H13N/c1-8-3-4-9(2)10-5-6-12-11(10)7-8/h3-7,9,12H,1-2H3.